The first-order valence-electron chi connectivity index (χ1n) is 7.08. The fraction of sp³-hybridized carbons (Fsp3) is 0.176. The van der Waals surface area contributed by atoms with Gasteiger partial charge in [-0.25, -0.2) is 4.79 Å². The predicted molar refractivity (Wildman–Crippen MR) is 91.4 cm³/mol. The summed E-state index contributed by atoms with van der Waals surface area (Å²) < 4.78 is 4.89. The molecule has 1 amide bonds. The molecule has 0 aromatic heterocycles. The van der Waals surface area contributed by atoms with Gasteiger partial charge in [-0.15, -0.1) is 0 Å². The van der Waals surface area contributed by atoms with Crippen LogP contribution in [0.5, 0.6) is 5.75 Å². The van der Waals surface area contributed by atoms with Crippen LogP contribution in [-0.2, 0) is 9.53 Å². The van der Waals surface area contributed by atoms with Gasteiger partial charge in [0.25, 0.3) is 5.91 Å². The van der Waals surface area contributed by atoms with E-state index in [1.54, 1.807) is 37.3 Å². The Labute approximate surface area is 149 Å². The SMILES string of the molecule is C[C@H](NC(=O)COC(=O)c1ccccc1O)c1ccc(Cl)cc1Cl. The number of phenolic OH excluding ortho intramolecular Hbond substituents is 1. The fourth-order valence-corrected chi connectivity index (χ4v) is 2.64. The fourth-order valence-electron chi connectivity index (χ4n) is 2.07. The summed E-state index contributed by atoms with van der Waals surface area (Å²) in [7, 11) is 0. The minimum atomic E-state index is -0.777. The summed E-state index contributed by atoms with van der Waals surface area (Å²) in [4.78, 5) is 23.7. The third-order valence-corrected chi connectivity index (χ3v) is 3.83. The topological polar surface area (TPSA) is 75.6 Å². The second kappa shape index (κ2) is 8.04. The van der Waals surface area contributed by atoms with Crippen molar-refractivity contribution in [2.45, 2.75) is 13.0 Å². The van der Waals surface area contributed by atoms with Crippen LogP contribution in [-0.4, -0.2) is 23.6 Å². The molecular weight excluding hydrogens is 353 g/mol. The molecule has 0 radical (unpaired) electrons. The molecule has 2 aromatic carbocycles. The number of hydrogen-bond donors (Lipinski definition) is 2. The zero-order chi connectivity index (χ0) is 17.7. The van der Waals surface area contributed by atoms with Crippen molar-refractivity contribution in [3.8, 4) is 5.75 Å². The third kappa shape index (κ3) is 4.63. The maximum absolute atomic E-state index is 11.9. The molecule has 126 valence electrons. The zero-order valence-electron chi connectivity index (χ0n) is 12.8. The van der Waals surface area contributed by atoms with Crippen LogP contribution in [0.1, 0.15) is 28.9 Å². The van der Waals surface area contributed by atoms with Crippen molar-refractivity contribution < 1.29 is 19.4 Å². The summed E-state index contributed by atoms with van der Waals surface area (Å²) in [6, 6.07) is 10.5. The van der Waals surface area contributed by atoms with Gasteiger partial charge in [0, 0.05) is 10.0 Å². The molecule has 0 fully saturated rings. The Kier molecular flexibility index (Phi) is 6.06. The van der Waals surface area contributed by atoms with Crippen LogP contribution in [0.3, 0.4) is 0 Å². The standard InChI is InChI=1S/C17H15Cl2NO4/c1-10(12-7-6-11(18)8-14(12)19)20-16(22)9-24-17(23)13-4-2-3-5-15(13)21/h2-8,10,21H,9H2,1H3,(H,20,22)/t10-/m0/s1. The second-order valence-electron chi connectivity index (χ2n) is 5.05. The number of benzene rings is 2. The molecule has 0 aliphatic carbocycles. The van der Waals surface area contributed by atoms with E-state index in [-0.39, 0.29) is 17.4 Å². The number of phenols is 1. The van der Waals surface area contributed by atoms with Crippen molar-refractivity contribution in [3.63, 3.8) is 0 Å². The molecule has 5 nitrogen and oxygen atoms in total. The summed E-state index contributed by atoms with van der Waals surface area (Å²) in [6.45, 7) is 1.28. The van der Waals surface area contributed by atoms with E-state index < -0.39 is 18.5 Å². The van der Waals surface area contributed by atoms with Gasteiger partial charge in [0.05, 0.1) is 6.04 Å². The highest BCUT2D eigenvalue weighted by Gasteiger charge is 2.16. The normalized spacial score (nSPS) is 11.6. The zero-order valence-corrected chi connectivity index (χ0v) is 14.3. The molecule has 0 spiro atoms. The molecular formula is C17H15Cl2NO4. The van der Waals surface area contributed by atoms with Crippen LogP contribution in [0, 0.1) is 0 Å². The number of esters is 1. The van der Waals surface area contributed by atoms with Gasteiger partial charge in [-0.2, -0.15) is 0 Å². The van der Waals surface area contributed by atoms with Gasteiger partial charge in [-0.05, 0) is 36.8 Å². The summed E-state index contributed by atoms with van der Waals surface area (Å²) in [5.74, 6) is -1.47. The van der Waals surface area contributed by atoms with Crippen LogP contribution in [0.15, 0.2) is 42.5 Å². The summed E-state index contributed by atoms with van der Waals surface area (Å²) in [6.07, 6.45) is 0. The van der Waals surface area contributed by atoms with Gasteiger partial charge < -0.3 is 15.2 Å². The molecule has 0 aliphatic heterocycles. The van der Waals surface area contributed by atoms with Gasteiger partial charge in [-0.3, -0.25) is 4.79 Å². The van der Waals surface area contributed by atoms with Crippen molar-refractivity contribution in [2.24, 2.45) is 0 Å². The summed E-state index contributed by atoms with van der Waals surface area (Å²) in [5, 5.41) is 13.2. The van der Waals surface area contributed by atoms with E-state index in [1.807, 2.05) is 0 Å². The molecule has 0 bridgehead atoms. The first-order chi connectivity index (χ1) is 11.4. The number of hydrogen-bond acceptors (Lipinski definition) is 4. The lowest BCUT2D eigenvalue weighted by atomic mass is 10.1. The number of para-hydroxylation sites is 1. The molecule has 1 atom stereocenters. The highest BCUT2D eigenvalue weighted by Crippen LogP contribution is 2.26. The Hall–Kier alpha value is -2.24. The van der Waals surface area contributed by atoms with E-state index in [0.717, 1.165) is 0 Å². The van der Waals surface area contributed by atoms with Gasteiger partial charge in [0.1, 0.15) is 11.3 Å². The molecule has 2 rings (SSSR count). The van der Waals surface area contributed by atoms with Crippen LogP contribution in [0.4, 0.5) is 0 Å². The predicted octanol–water partition coefficient (Wildman–Crippen LogP) is 3.73. The van der Waals surface area contributed by atoms with Crippen molar-refractivity contribution in [1.82, 2.24) is 5.32 Å². The Balaban J connectivity index is 1.91. The average Bonchev–Trinajstić information content (AvgIpc) is 2.52. The van der Waals surface area contributed by atoms with E-state index in [2.05, 4.69) is 5.32 Å². The maximum atomic E-state index is 11.9. The molecule has 0 saturated heterocycles. The van der Waals surface area contributed by atoms with Gasteiger partial charge in [0.15, 0.2) is 6.61 Å². The van der Waals surface area contributed by atoms with Crippen LogP contribution < -0.4 is 5.32 Å². The average molecular weight is 368 g/mol. The van der Waals surface area contributed by atoms with Crippen molar-refractivity contribution >= 4 is 35.1 Å². The molecule has 0 saturated carbocycles. The number of halogens is 2. The molecule has 24 heavy (non-hydrogen) atoms. The van der Waals surface area contributed by atoms with Crippen molar-refractivity contribution in [2.75, 3.05) is 6.61 Å². The smallest absolute Gasteiger partial charge is 0.342 e. The number of ether oxygens (including phenoxy) is 1. The van der Waals surface area contributed by atoms with E-state index in [9.17, 15) is 14.7 Å². The summed E-state index contributed by atoms with van der Waals surface area (Å²) in [5.41, 5.74) is 0.695. The van der Waals surface area contributed by atoms with Gasteiger partial charge in [-0.1, -0.05) is 41.4 Å². The monoisotopic (exact) mass is 367 g/mol. The third-order valence-electron chi connectivity index (χ3n) is 3.26. The number of carbonyl (C=O) groups is 2. The molecule has 0 unspecified atom stereocenters. The Bertz CT molecular complexity index is 764. The van der Waals surface area contributed by atoms with Crippen LogP contribution >= 0.6 is 23.2 Å². The number of nitrogens with one attached hydrogen (secondary N) is 1. The van der Waals surface area contributed by atoms with E-state index in [1.165, 1.54) is 12.1 Å². The maximum Gasteiger partial charge on any atom is 0.342 e. The molecule has 2 N–H and O–H groups in total. The summed E-state index contributed by atoms with van der Waals surface area (Å²) >= 11 is 11.9. The first kappa shape index (κ1) is 18.1. The van der Waals surface area contributed by atoms with E-state index >= 15 is 0 Å². The number of amides is 1. The van der Waals surface area contributed by atoms with Crippen molar-refractivity contribution in [1.29, 1.82) is 0 Å². The molecule has 0 heterocycles. The minimum absolute atomic E-state index is 0.000839. The molecule has 0 aliphatic rings. The number of rotatable bonds is 5. The van der Waals surface area contributed by atoms with Crippen LogP contribution in [0.25, 0.3) is 0 Å². The number of aromatic hydroxyl groups is 1. The highest BCUT2D eigenvalue weighted by molar-refractivity contribution is 6.35. The largest absolute Gasteiger partial charge is 0.507 e. The van der Waals surface area contributed by atoms with Gasteiger partial charge in [0.2, 0.25) is 0 Å². The molecule has 2 aromatic rings. The lowest BCUT2D eigenvalue weighted by molar-refractivity contribution is -0.124. The highest BCUT2D eigenvalue weighted by atomic mass is 35.5. The van der Waals surface area contributed by atoms with Crippen molar-refractivity contribution in [3.05, 3.63) is 63.6 Å². The Morgan fingerprint density at radius 2 is 1.92 bits per heavy atom. The quantitative estimate of drug-likeness (QED) is 0.789. The Morgan fingerprint density at radius 3 is 2.58 bits per heavy atom. The Morgan fingerprint density at radius 1 is 1.21 bits per heavy atom. The first-order valence-corrected chi connectivity index (χ1v) is 7.83. The second-order valence-corrected chi connectivity index (χ2v) is 5.89. The van der Waals surface area contributed by atoms with E-state index in [0.29, 0.717) is 15.6 Å². The minimum Gasteiger partial charge on any atom is -0.507 e. The lowest BCUT2D eigenvalue weighted by Gasteiger charge is -2.16. The molecule has 7 heteroatoms. The lowest BCUT2D eigenvalue weighted by Crippen LogP contribution is -2.31. The van der Waals surface area contributed by atoms with Crippen LogP contribution in [0.2, 0.25) is 10.0 Å². The number of carbonyl (C=O) groups excluding carboxylic acids is 2. The van der Waals surface area contributed by atoms with Gasteiger partial charge >= 0.3 is 5.97 Å². The van der Waals surface area contributed by atoms with E-state index in [4.69, 9.17) is 27.9 Å².